The molecular weight excluding hydrogens is 490 g/mol. The molecule has 2 heterocycles. The van der Waals surface area contributed by atoms with Gasteiger partial charge in [-0.25, -0.2) is 9.59 Å². The lowest BCUT2D eigenvalue weighted by Crippen LogP contribution is -2.49. The van der Waals surface area contributed by atoms with Crippen LogP contribution in [0.4, 0.5) is 9.59 Å². The van der Waals surface area contributed by atoms with Gasteiger partial charge in [0.1, 0.15) is 18.8 Å². The first-order valence-corrected chi connectivity index (χ1v) is 13.5. The maximum Gasteiger partial charge on any atom is 0.409 e. The Bertz CT molecular complexity index is 962. The number of benzene rings is 1. The Labute approximate surface area is 224 Å². The lowest BCUT2D eigenvalue weighted by atomic mass is 9.90. The van der Waals surface area contributed by atoms with Crippen molar-refractivity contribution in [3.63, 3.8) is 0 Å². The zero-order valence-corrected chi connectivity index (χ0v) is 22.9. The number of nitrogens with one attached hydrogen (secondary N) is 2. The number of likely N-dealkylation sites (tertiary alicyclic amines) is 1. The number of carbonyl (C=O) groups is 4. The Morgan fingerprint density at radius 1 is 1.16 bits per heavy atom. The van der Waals surface area contributed by atoms with Gasteiger partial charge < -0.3 is 29.7 Å². The Kier molecular flexibility index (Phi) is 10.5. The van der Waals surface area contributed by atoms with Crippen LogP contribution in [-0.2, 0) is 23.8 Å². The molecule has 0 aromatic heterocycles. The average molecular weight is 532 g/mol. The summed E-state index contributed by atoms with van der Waals surface area (Å²) in [6.45, 7) is 8.97. The van der Waals surface area contributed by atoms with Crippen LogP contribution < -0.4 is 10.6 Å². The Morgan fingerprint density at radius 2 is 1.89 bits per heavy atom. The summed E-state index contributed by atoms with van der Waals surface area (Å²) < 4.78 is 16.6. The summed E-state index contributed by atoms with van der Waals surface area (Å²) in [5.41, 5.74) is 0.347. The van der Waals surface area contributed by atoms with Gasteiger partial charge >= 0.3 is 12.2 Å². The van der Waals surface area contributed by atoms with Crippen molar-refractivity contribution in [3.05, 3.63) is 35.9 Å². The summed E-state index contributed by atoms with van der Waals surface area (Å²) in [7, 11) is 0. The van der Waals surface area contributed by atoms with Gasteiger partial charge in [-0.2, -0.15) is 0 Å². The van der Waals surface area contributed by atoms with E-state index in [-0.39, 0.29) is 25.3 Å². The number of nitrogens with zero attached hydrogens (tertiary/aromatic N) is 1. The summed E-state index contributed by atoms with van der Waals surface area (Å²) in [5.74, 6) is -1.48. The van der Waals surface area contributed by atoms with E-state index >= 15 is 0 Å². The largest absolute Gasteiger partial charge is 0.447 e. The number of carbonyl (C=O) groups excluding carboxylic acids is 4. The van der Waals surface area contributed by atoms with E-state index in [0.29, 0.717) is 26.0 Å². The number of Topliss-reactive ketones (excluding diaryl/α,β-unsaturated/α-hetero) is 1. The van der Waals surface area contributed by atoms with Gasteiger partial charge in [0.25, 0.3) is 5.91 Å². The third-order valence-electron chi connectivity index (χ3n) is 7.11. The minimum atomic E-state index is -1.01. The number of rotatable bonds is 11. The van der Waals surface area contributed by atoms with Crippen molar-refractivity contribution in [1.29, 1.82) is 0 Å². The van der Waals surface area contributed by atoms with Gasteiger partial charge in [0.15, 0.2) is 0 Å². The third kappa shape index (κ3) is 8.18. The number of alkyl carbamates (subject to hydrolysis) is 1. The monoisotopic (exact) mass is 531 g/mol. The van der Waals surface area contributed by atoms with Crippen molar-refractivity contribution in [1.82, 2.24) is 15.5 Å². The van der Waals surface area contributed by atoms with E-state index < -0.39 is 41.4 Å². The fraction of sp³-hybridized carbons (Fsp3) is 0.643. The van der Waals surface area contributed by atoms with Crippen molar-refractivity contribution in [2.45, 2.75) is 84.1 Å². The molecule has 4 atom stereocenters. The van der Waals surface area contributed by atoms with Crippen LogP contribution >= 0.6 is 0 Å². The molecule has 0 radical (unpaired) electrons. The predicted molar refractivity (Wildman–Crippen MR) is 140 cm³/mol. The van der Waals surface area contributed by atoms with Crippen LogP contribution in [0.25, 0.3) is 0 Å². The average Bonchev–Trinajstić information content (AvgIpc) is 3.52. The van der Waals surface area contributed by atoms with Crippen LogP contribution in [0.5, 0.6) is 0 Å². The lowest BCUT2D eigenvalue weighted by Gasteiger charge is -2.26. The molecule has 38 heavy (non-hydrogen) atoms. The van der Waals surface area contributed by atoms with Gasteiger partial charge in [-0.1, -0.05) is 63.9 Å². The molecule has 2 aliphatic rings. The summed E-state index contributed by atoms with van der Waals surface area (Å²) in [4.78, 5) is 52.6. The summed E-state index contributed by atoms with van der Waals surface area (Å²) >= 11 is 0. The Hall–Kier alpha value is -3.14. The van der Waals surface area contributed by atoms with E-state index in [1.54, 1.807) is 6.92 Å². The first kappa shape index (κ1) is 29.4. The van der Waals surface area contributed by atoms with Crippen molar-refractivity contribution >= 4 is 23.9 Å². The number of unbranched alkanes of at least 4 members (excludes halogenated alkanes) is 1. The molecule has 210 valence electrons. The van der Waals surface area contributed by atoms with E-state index in [1.807, 2.05) is 51.1 Å². The van der Waals surface area contributed by atoms with Crippen LogP contribution in [0, 0.1) is 5.41 Å². The van der Waals surface area contributed by atoms with Crippen LogP contribution in [-0.4, -0.2) is 73.3 Å². The molecule has 0 spiro atoms. The topological polar surface area (TPSA) is 123 Å². The van der Waals surface area contributed by atoms with Crippen molar-refractivity contribution in [2.75, 3.05) is 26.3 Å². The van der Waals surface area contributed by atoms with E-state index in [2.05, 4.69) is 10.6 Å². The molecule has 1 aromatic rings. The Balaban J connectivity index is 1.54. The maximum absolute atomic E-state index is 13.0. The van der Waals surface area contributed by atoms with Gasteiger partial charge in [-0.05, 0) is 31.7 Å². The lowest BCUT2D eigenvalue weighted by molar-refractivity contribution is -0.139. The van der Waals surface area contributed by atoms with Crippen molar-refractivity contribution in [3.8, 4) is 0 Å². The van der Waals surface area contributed by atoms with Gasteiger partial charge in [0.2, 0.25) is 5.78 Å². The first-order chi connectivity index (χ1) is 18.1. The van der Waals surface area contributed by atoms with E-state index in [9.17, 15) is 19.2 Å². The normalized spacial score (nSPS) is 21.8. The summed E-state index contributed by atoms with van der Waals surface area (Å²) in [6, 6.07) is 7.95. The quantitative estimate of drug-likeness (QED) is 0.417. The predicted octanol–water partition coefficient (Wildman–Crippen LogP) is 3.74. The zero-order valence-electron chi connectivity index (χ0n) is 22.9. The molecule has 10 heteroatoms. The molecule has 0 aliphatic carbocycles. The smallest absolute Gasteiger partial charge is 0.409 e. The van der Waals surface area contributed by atoms with Crippen LogP contribution in [0.1, 0.15) is 71.4 Å². The molecular formula is C28H41N3O7. The summed E-state index contributed by atoms with van der Waals surface area (Å²) in [6.07, 6.45) is 1.64. The number of ether oxygens (including phenoxy) is 3. The molecule has 1 aromatic carbocycles. The Morgan fingerprint density at radius 3 is 2.55 bits per heavy atom. The standard InChI is InChI=1S/C28H41N3O7/c1-5-6-14-22(24(32)25(33)29-19(2)20-11-8-7-9-12-20)30-26(34)38-23-16-31(18-28(23,3)4)27(35)37-17-21-13-10-15-36-21/h7-9,11-12,19,21-23H,5-6,10,13-18H2,1-4H3,(H,29,33)(H,30,34)/t19-,21?,22+,23+/m1/s1. The molecule has 2 N–H and O–H groups in total. The second-order valence-electron chi connectivity index (χ2n) is 10.8. The minimum Gasteiger partial charge on any atom is -0.447 e. The highest BCUT2D eigenvalue weighted by Gasteiger charge is 2.45. The molecule has 2 aliphatic heterocycles. The highest BCUT2D eigenvalue weighted by Crippen LogP contribution is 2.32. The maximum atomic E-state index is 13.0. The van der Waals surface area contributed by atoms with Crippen LogP contribution in [0.3, 0.4) is 0 Å². The van der Waals surface area contributed by atoms with Gasteiger partial charge in [0.05, 0.1) is 18.7 Å². The third-order valence-corrected chi connectivity index (χ3v) is 7.11. The van der Waals surface area contributed by atoms with Gasteiger partial charge in [0, 0.05) is 18.6 Å². The van der Waals surface area contributed by atoms with Crippen LogP contribution in [0.2, 0.25) is 0 Å². The highest BCUT2D eigenvalue weighted by molar-refractivity contribution is 6.38. The number of amides is 3. The van der Waals surface area contributed by atoms with E-state index in [0.717, 1.165) is 24.8 Å². The molecule has 0 saturated carbocycles. The van der Waals surface area contributed by atoms with E-state index in [4.69, 9.17) is 14.2 Å². The molecule has 2 saturated heterocycles. The van der Waals surface area contributed by atoms with Gasteiger partial charge in [-0.15, -0.1) is 0 Å². The molecule has 3 rings (SSSR count). The van der Waals surface area contributed by atoms with Crippen molar-refractivity contribution in [2.24, 2.45) is 5.41 Å². The molecule has 10 nitrogen and oxygen atoms in total. The number of hydrogen-bond acceptors (Lipinski definition) is 7. The SMILES string of the molecule is CCCC[C@H](NC(=O)O[C@H]1CN(C(=O)OCC2CCCO2)CC1(C)C)C(=O)C(=O)N[C@H](C)c1ccccc1. The minimum absolute atomic E-state index is 0.0714. The van der Waals surface area contributed by atoms with Crippen molar-refractivity contribution < 1.29 is 33.4 Å². The molecule has 1 unspecified atom stereocenters. The first-order valence-electron chi connectivity index (χ1n) is 13.5. The second kappa shape index (κ2) is 13.6. The fourth-order valence-electron chi connectivity index (χ4n) is 4.71. The fourth-order valence-corrected chi connectivity index (χ4v) is 4.71. The number of ketones is 1. The molecule has 3 amide bonds. The van der Waals surface area contributed by atoms with E-state index in [1.165, 1.54) is 4.90 Å². The number of hydrogen-bond donors (Lipinski definition) is 2. The molecule has 2 fully saturated rings. The molecule has 0 bridgehead atoms. The highest BCUT2D eigenvalue weighted by atomic mass is 16.6. The zero-order chi connectivity index (χ0) is 27.7. The second-order valence-corrected chi connectivity index (χ2v) is 10.8. The van der Waals surface area contributed by atoms with Crippen LogP contribution in [0.15, 0.2) is 30.3 Å². The van der Waals surface area contributed by atoms with Gasteiger partial charge in [-0.3, -0.25) is 9.59 Å². The summed E-state index contributed by atoms with van der Waals surface area (Å²) in [5, 5.41) is 5.31.